The van der Waals surface area contributed by atoms with Crippen LogP contribution in [0.4, 0.5) is 13.2 Å². The molecule has 1 saturated heterocycles. The van der Waals surface area contributed by atoms with Gasteiger partial charge in [-0.2, -0.15) is 13.2 Å². The van der Waals surface area contributed by atoms with Crippen LogP contribution in [0.25, 0.3) is 11.1 Å². The average Bonchev–Trinajstić information content (AvgIpc) is 3.12. The van der Waals surface area contributed by atoms with Crippen LogP contribution in [0.1, 0.15) is 66.9 Å². The Morgan fingerprint density at radius 3 is 2.63 bits per heavy atom. The monoisotopic (exact) mass is 419 g/mol. The van der Waals surface area contributed by atoms with E-state index in [0.29, 0.717) is 30.3 Å². The Bertz CT molecular complexity index is 1030. The highest BCUT2D eigenvalue weighted by atomic mass is 19.4. The van der Waals surface area contributed by atoms with Gasteiger partial charge in [-0.3, -0.25) is 4.90 Å². The van der Waals surface area contributed by atoms with Crippen LogP contribution in [0.2, 0.25) is 0 Å². The molecule has 3 aromatic heterocycles. The van der Waals surface area contributed by atoms with Crippen LogP contribution in [-0.4, -0.2) is 38.1 Å². The lowest BCUT2D eigenvalue weighted by Crippen LogP contribution is -2.34. The highest BCUT2D eigenvalue weighted by Crippen LogP contribution is 2.40. The van der Waals surface area contributed by atoms with Gasteiger partial charge in [0.15, 0.2) is 0 Å². The number of halogens is 3. The van der Waals surface area contributed by atoms with E-state index in [2.05, 4.69) is 25.0 Å². The van der Waals surface area contributed by atoms with E-state index in [1.807, 2.05) is 6.92 Å². The second-order valence-corrected chi connectivity index (χ2v) is 8.21. The molecule has 30 heavy (non-hydrogen) atoms. The first-order valence-electron chi connectivity index (χ1n) is 10.1. The molecule has 160 valence electrons. The van der Waals surface area contributed by atoms with Crippen LogP contribution in [-0.2, 0) is 12.7 Å². The molecular formula is C21H24F3N5O. The summed E-state index contributed by atoms with van der Waals surface area (Å²) in [4.78, 5) is 14.9. The van der Waals surface area contributed by atoms with Crippen LogP contribution >= 0.6 is 0 Å². The van der Waals surface area contributed by atoms with Gasteiger partial charge in [-0.05, 0) is 38.3 Å². The van der Waals surface area contributed by atoms with Crippen molar-refractivity contribution in [2.45, 2.75) is 58.2 Å². The zero-order chi connectivity index (χ0) is 21.5. The zero-order valence-corrected chi connectivity index (χ0v) is 17.2. The quantitative estimate of drug-likeness (QED) is 0.603. The summed E-state index contributed by atoms with van der Waals surface area (Å²) in [6.07, 6.45) is 0.697. The molecule has 1 atom stereocenters. The number of aryl methyl sites for hydroxylation is 1. The normalized spacial score (nSPS) is 18.4. The molecule has 0 aliphatic carbocycles. The summed E-state index contributed by atoms with van der Waals surface area (Å²) in [6.45, 7) is 7.54. The molecule has 0 aromatic carbocycles. The lowest BCUT2D eigenvalue weighted by molar-refractivity contribution is -0.136. The molecule has 0 unspecified atom stereocenters. The number of aromatic nitrogens is 4. The van der Waals surface area contributed by atoms with E-state index in [9.17, 15) is 13.2 Å². The van der Waals surface area contributed by atoms with Crippen LogP contribution in [0, 0.1) is 6.92 Å². The lowest BCUT2D eigenvalue weighted by atomic mass is 9.91. The van der Waals surface area contributed by atoms with E-state index in [-0.39, 0.29) is 22.9 Å². The first-order valence-corrected chi connectivity index (χ1v) is 10.1. The largest absolute Gasteiger partial charge is 0.417 e. The van der Waals surface area contributed by atoms with Gasteiger partial charge >= 0.3 is 6.18 Å². The first kappa shape index (κ1) is 20.7. The molecular weight excluding hydrogens is 395 g/mol. The van der Waals surface area contributed by atoms with Gasteiger partial charge in [-0.15, -0.1) is 0 Å². The Balaban J connectivity index is 1.66. The van der Waals surface area contributed by atoms with Crippen molar-refractivity contribution in [2.75, 3.05) is 13.1 Å². The van der Waals surface area contributed by atoms with Crippen LogP contribution < -0.4 is 0 Å². The minimum absolute atomic E-state index is 0.00239. The molecule has 1 aliphatic heterocycles. The Labute approximate surface area is 172 Å². The van der Waals surface area contributed by atoms with Crippen LogP contribution in [0.3, 0.4) is 0 Å². The van der Waals surface area contributed by atoms with Gasteiger partial charge in [-0.25, -0.2) is 15.0 Å². The summed E-state index contributed by atoms with van der Waals surface area (Å²) in [5, 5.41) is 4.06. The van der Waals surface area contributed by atoms with E-state index in [0.717, 1.165) is 31.0 Å². The predicted octanol–water partition coefficient (Wildman–Crippen LogP) is 4.84. The number of rotatable bonds is 4. The third kappa shape index (κ3) is 4.16. The molecule has 0 radical (unpaired) electrons. The van der Waals surface area contributed by atoms with Crippen molar-refractivity contribution in [3.8, 4) is 0 Å². The fourth-order valence-corrected chi connectivity index (χ4v) is 3.97. The summed E-state index contributed by atoms with van der Waals surface area (Å²) < 4.78 is 46.9. The fraction of sp³-hybridized carbons (Fsp3) is 0.524. The Kier molecular flexibility index (Phi) is 5.48. The molecule has 6 nitrogen and oxygen atoms in total. The summed E-state index contributed by atoms with van der Waals surface area (Å²) >= 11 is 0. The molecule has 9 heteroatoms. The summed E-state index contributed by atoms with van der Waals surface area (Å²) in [7, 11) is 0. The third-order valence-corrected chi connectivity index (χ3v) is 5.52. The van der Waals surface area contributed by atoms with E-state index in [4.69, 9.17) is 4.52 Å². The van der Waals surface area contributed by atoms with E-state index >= 15 is 0 Å². The second-order valence-electron chi connectivity index (χ2n) is 8.21. The highest BCUT2D eigenvalue weighted by molar-refractivity contribution is 5.81. The van der Waals surface area contributed by atoms with Gasteiger partial charge < -0.3 is 4.52 Å². The summed E-state index contributed by atoms with van der Waals surface area (Å²) in [5.41, 5.74) is 0.932. The predicted molar refractivity (Wildman–Crippen MR) is 105 cm³/mol. The Morgan fingerprint density at radius 1 is 1.23 bits per heavy atom. The Morgan fingerprint density at radius 2 is 1.97 bits per heavy atom. The molecule has 1 fully saturated rings. The fourth-order valence-electron chi connectivity index (χ4n) is 3.97. The minimum atomic E-state index is -4.50. The molecule has 3 aromatic rings. The molecule has 4 heterocycles. The van der Waals surface area contributed by atoms with E-state index in [1.165, 1.54) is 0 Å². The van der Waals surface area contributed by atoms with Crippen molar-refractivity contribution >= 4 is 11.1 Å². The van der Waals surface area contributed by atoms with E-state index in [1.54, 1.807) is 26.2 Å². The third-order valence-electron chi connectivity index (χ3n) is 5.52. The smallest absolute Gasteiger partial charge is 0.336 e. The molecule has 0 amide bonds. The van der Waals surface area contributed by atoms with Gasteiger partial charge in [0.05, 0.1) is 16.6 Å². The van der Waals surface area contributed by atoms with Crippen LogP contribution in [0.5, 0.6) is 0 Å². The number of alkyl halides is 3. The molecule has 0 bridgehead atoms. The lowest BCUT2D eigenvalue weighted by Gasteiger charge is -2.31. The van der Waals surface area contributed by atoms with Crippen molar-refractivity contribution in [2.24, 2.45) is 0 Å². The highest BCUT2D eigenvalue weighted by Gasteiger charge is 2.38. The zero-order valence-electron chi connectivity index (χ0n) is 17.2. The second kappa shape index (κ2) is 7.94. The maximum absolute atomic E-state index is 13.9. The SMILES string of the molecule is Cc1ncc(CN2CCC[C@@H](c3noc4nc(C(C)C)cc(C(F)(F)F)c34)C2)cn1. The molecule has 0 N–H and O–H groups in total. The van der Waals surface area contributed by atoms with Crippen molar-refractivity contribution < 1.29 is 17.7 Å². The maximum atomic E-state index is 13.9. The molecule has 0 spiro atoms. The Hall–Kier alpha value is -2.55. The first-order chi connectivity index (χ1) is 14.2. The number of nitrogens with zero attached hydrogens (tertiary/aromatic N) is 5. The van der Waals surface area contributed by atoms with E-state index < -0.39 is 11.7 Å². The van der Waals surface area contributed by atoms with Gasteiger partial charge in [0.1, 0.15) is 5.82 Å². The standard InChI is InChI=1S/C21H24F3N5O/c1-12(2)17-7-16(21(22,23)24)18-19(28-30-20(18)27-17)15-5-4-6-29(11-15)10-14-8-25-13(3)26-9-14/h7-9,12,15H,4-6,10-11H2,1-3H3/t15-/m1/s1. The number of likely N-dealkylation sites (tertiary alicyclic amines) is 1. The molecule has 4 rings (SSSR count). The number of hydrogen-bond acceptors (Lipinski definition) is 6. The average molecular weight is 419 g/mol. The topological polar surface area (TPSA) is 67.9 Å². The van der Waals surface area contributed by atoms with Crippen LogP contribution in [0.15, 0.2) is 23.0 Å². The summed E-state index contributed by atoms with van der Waals surface area (Å²) in [6, 6.07) is 1.14. The van der Waals surface area contributed by atoms with Gasteiger partial charge in [0.2, 0.25) is 0 Å². The van der Waals surface area contributed by atoms with Gasteiger partial charge in [-0.1, -0.05) is 19.0 Å². The van der Waals surface area contributed by atoms with Gasteiger partial charge in [0.25, 0.3) is 5.71 Å². The van der Waals surface area contributed by atoms with Crippen molar-refractivity contribution in [3.63, 3.8) is 0 Å². The summed E-state index contributed by atoms with van der Waals surface area (Å²) in [5.74, 6) is 0.405. The number of pyridine rings is 1. The molecule has 0 saturated carbocycles. The number of hydrogen-bond donors (Lipinski definition) is 0. The van der Waals surface area contributed by atoms with Crippen molar-refractivity contribution in [3.05, 3.63) is 46.8 Å². The minimum Gasteiger partial charge on any atom is -0.336 e. The van der Waals surface area contributed by atoms with Crippen molar-refractivity contribution in [1.29, 1.82) is 0 Å². The molecule has 1 aliphatic rings. The van der Waals surface area contributed by atoms with Crippen molar-refractivity contribution in [1.82, 2.24) is 25.0 Å². The maximum Gasteiger partial charge on any atom is 0.417 e. The number of piperidine rings is 1. The van der Waals surface area contributed by atoms with Gasteiger partial charge in [0, 0.05) is 42.7 Å². The number of fused-ring (bicyclic) bond motifs is 1.